The van der Waals surface area contributed by atoms with Crippen molar-refractivity contribution < 1.29 is 19.0 Å². The van der Waals surface area contributed by atoms with Gasteiger partial charge in [-0.15, -0.1) is 0 Å². The van der Waals surface area contributed by atoms with Crippen molar-refractivity contribution in [1.29, 1.82) is 0 Å². The predicted octanol–water partition coefficient (Wildman–Crippen LogP) is 5.34. The molecule has 1 heterocycles. The minimum Gasteiger partial charge on any atom is -0.494 e. The van der Waals surface area contributed by atoms with Gasteiger partial charge in [0.05, 0.1) is 43.5 Å². The molecule has 8 heteroatoms. The fourth-order valence-electron chi connectivity index (χ4n) is 4.70. The Bertz CT molecular complexity index is 1500. The highest BCUT2D eigenvalue weighted by Crippen LogP contribution is 2.29. The van der Waals surface area contributed by atoms with Gasteiger partial charge in [0.1, 0.15) is 11.6 Å². The van der Waals surface area contributed by atoms with Crippen molar-refractivity contribution in [1.82, 2.24) is 14.5 Å². The van der Waals surface area contributed by atoms with Gasteiger partial charge < -0.3 is 19.1 Å². The molecule has 0 bridgehead atoms. The van der Waals surface area contributed by atoms with E-state index >= 15 is 0 Å². The summed E-state index contributed by atoms with van der Waals surface area (Å²) < 4.78 is 18.0. The maximum Gasteiger partial charge on any atom is 0.266 e. The van der Waals surface area contributed by atoms with E-state index in [2.05, 4.69) is 0 Å². The Balaban J connectivity index is 1.76. The molecule has 4 rings (SSSR count). The Labute approximate surface area is 228 Å². The molecule has 0 N–H and O–H groups in total. The van der Waals surface area contributed by atoms with Crippen LogP contribution in [0, 0.1) is 0 Å². The Hall–Kier alpha value is -4.33. The molecule has 0 radical (unpaired) electrons. The molecular formula is C31H35N3O5. The monoisotopic (exact) mass is 529 g/mol. The van der Waals surface area contributed by atoms with Crippen LogP contribution in [0.4, 0.5) is 0 Å². The van der Waals surface area contributed by atoms with Gasteiger partial charge in [0, 0.05) is 13.0 Å². The van der Waals surface area contributed by atoms with Gasteiger partial charge >= 0.3 is 0 Å². The van der Waals surface area contributed by atoms with Crippen LogP contribution in [0.3, 0.4) is 0 Å². The third-order valence-corrected chi connectivity index (χ3v) is 6.76. The van der Waals surface area contributed by atoms with Gasteiger partial charge in [0.2, 0.25) is 5.91 Å². The van der Waals surface area contributed by atoms with Gasteiger partial charge in [-0.25, -0.2) is 4.98 Å². The zero-order valence-corrected chi connectivity index (χ0v) is 23.1. The second-order valence-electron chi connectivity index (χ2n) is 9.11. The first-order chi connectivity index (χ1) is 18.9. The molecule has 0 aliphatic rings. The lowest BCUT2D eigenvalue weighted by Crippen LogP contribution is -2.38. The molecule has 0 aliphatic heterocycles. The summed E-state index contributed by atoms with van der Waals surface area (Å²) in [7, 11) is 3.20. The van der Waals surface area contributed by atoms with Gasteiger partial charge in [0.15, 0.2) is 11.5 Å². The van der Waals surface area contributed by atoms with Crippen molar-refractivity contribution in [2.75, 3.05) is 27.4 Å². The summed E-state index contributed by atoms with van der Waals surface area (Å²) in [6.07, 6.45) is 0.925. The van der Waals surface area contributed by atoms with Crippen LogP contribution in [-0.2, 0) is 11.2 Å². The van der Waals surface area contributed by atoms with E-state index in [1.807, 2.05) is 81.4 Å². The predicted molar refractivity (Wildman–Crippen MR) is 152 cm³/mol. The highest BCUT2D eigenvalue weighted by Gasteiger charge is 2.26. The third-order valence-electron chi connectivity index (χ3n) is 6.76. The van der Waals surface area contributed by atoms with E-state index in [1.165, 1.54) is 0 Å². The molecule has 1 amide bonds. The summed E-state index contributed by atoms with van der Waals surface area (Å²) in [6.45, 7) is 6.67. The summed E-state index contributed by atoms with van der Waals surface area (Å²) >= 11 is 0. The first-order valence-electron chi connectivity index (χ1n) is 13.2. The van der Waals surface area contributed by atoms with E-state index in [4.69, 9.17) is 19.2 Å². The molecule has 1 unspecified atom stereocenters. The first-order valence-corrected chi connectivity index (χ1v) is 13.2. The van der Waals surface area contributed by atoms with E-state index in [9.17, 15) is 9.59 Å². The molecule has 0 fully saturated rings. The number of amides is 1. The maximum atomic E-state index is 13.8. The molecule has 1 atom stereocenters. The van der Waals surface area contributed by atoms with Gasteiger partial charge in [-0.1, -0.05) is 25.1 Å². The lowest BCUT2D eigenvalue weighted by atomic mass is 10.1. The quantitative estimate of drug-likeness (QED) is 0.261. The number of methoxy groups -OCH3 is 2. The van der Waals surface area contributed by atoms with Crippen LogP contribution in [0.15, 0.2) is 71.5 Å². The molecule has 0 aliphatic carbocycles. The second-order valence-corrected chi connectivity index (χ2v) is 9.11. The average molecular weight is 530 g/mol. The van der Waals surface area contributed by atoms with E-state index in [-0.39, 0.29) is 11.5 Å². The molecular weight excluding hydrogens is 494 g/mol. The molecule has 3 aromatic carbocycles. The summed E-state index contributed by atoms with van der Waals surface area (Å²) in [5.41, 5.74) is 2.07. The molecule has 4 aromatic rings. The van der Waals surface area contributed by atoms with E-state index in [0.717, 1.165) is 11.3 Å². The Morgan fingerprint density at radius 2 is 1.69 bits per heavy atom. The van der Waals surface area contributed by atoms with Crippen LogP contribution in [0.1, 0.15) is 44.6 Å². The highest BCUT2D eigenvalue weighted by atomic mass is 16.5. The Morgan fingerprint density at radius 1 is 0.974 bits per heavy atom. The molecule has 8 nitrogen and oxygen atoms in total. The van der Waals surface area contributed by atoms with Gasteiger partial charge in [-0.05, 0) is 74.4 Å². The number of benzene rings is 3. The number of para-hydroxylation sites is 1. The number of hydrogen-bond acceptors (Lipinski definition) is 6. The SMILES string of the molecule is CCOc1ccc(-n2c(C(C)N(CCc3ccc(OC)c(OC)c3)C(=O)CC)nc3ccccc3c2=O)cc1. The standard InChI is InChI=1S/C31H35N3O5/c1-6-29(35)33(19-18-22-12-17-27(37-4)28(20-22)38-5)21(3)30-32-26-11-9-8-10-25(26)31(36)34(30)23-13-15-24(16-14-23)39-7-2/h8-17,20-21H,6-7,18-19H2,1-5H3. The number of nitrogens with zero attached hydrogens (tertiary/aromatic N) is 3. The largest absolute Gasteiger partial charge is 0.494 e. The van der Waals surface area contributed by atoms with Crippen LogP contribution >= 0.6 is 0 Å². The van der Waals surface area contributed by atoms with Crippen molar-refractivity contribution >= 4 is 16.8 Å². The van der Waals surface area contributed by atoms with Crippen molar-refractivity contribution in [3.63, 3.8) is 0 Å². The third kappa shape index (κ3) is 5.90. The molecule has 0 saturated carbocycles. The zero-order valence-electron chi connectivity index (χ0n) is 23.1. The Morgan fingerprint density at radius 3 is 2.36 bits per heavy atom. The average Bonchev–Trinajstić information content (AvgIpc) is 2.97. The molecule has 1 aromatic heterocycles. The smallest absolute Gasteiger partial charge is 0.266 e. The lowest BCUT2D eigenvalue weighted by Gasteiger charge is -2.30. The van der Waals surface area contributed by atoms with Crippen molar-refractivity contribution in [3.05, 3.63) is 88.5 Å². The first kappa shape index (κ1) is 27.7. The van der Waals surface area contributed by atoms with Crippen LogP contribution in [0.2, 0.25) is 0 Å². The number of carbonyl (C=O) groups excluding carboxylic acids is 1. The van der Waals surface area contributed by atoms with Gasteiger partial charge in [0.25, 0.3) is 5.56 Å². The molecule has 0 saturated heterocycles. The van der Waals surface area contributed by atoms with Gasteiger partial charge in [-0.3, -0.25) is 14.2 Å². The number of aromatic nitrogens is 2. The number of fused-ring (bicyclic) bond motifs is 1. The lowest BCUT2D eigenvalue weighted by molar-refractivity contribution is -0.133. The van der Waals surface area contributed by atoms with Crippen LogP contribution in [-0.4, -0.2) is 47.7 Å². The van der Waals surface area contributed by atoms with Crippen LogP contribution < -0.4 is 19.8 Å². The summed E-state index contributed by atoms with van der Waals surface area (Å²) in [4.78, 5) is 33.7. The second kappa shape index (κ2) is 12.5. The summed E-state index contributed by atoms with van der Waals surface area (Å²) in [5.74, 6) is 2.48. The summed E-state index contributed by atoms with van der Waals surface area (Å²) in [5, 5.41) is 0.515. The highest BCUT2D eigenvalue weighted by molar-refractivity contribution is 5.79. The summed E-state index contributed by atoms with van der Waals surface area (Å²) in [6, 6.07) is 19.9. The molecule has 204 valence electrons. The van der Waals surface area contributed by atoms with Crippen molar-refractivity contribution in [2.24, 2.45) is 0 Å². The Kier molecular flexibility index (Phi) is 8.86. The maximum absolute atomic E-state index is 13.8. The minimum absolute atomic E-state index is 0.0244. The minimum atomic E-state index is -0.471. The van der Waals surface area contributed by atoms with Gasteiger partial charge in [-0.2, -0.15) is 0 Å². The van der Waals surface area contributed by atoms with E-state index < -0.39 is 6.04 Å². The van der Waals surface area contributed by atoms with E-state index in [1.54, 1.807) is 29.8 Å². The topological polar surface area (TPSA) is 82.9 Å². The molecule has 0 spiro atoms. The van der Waals surface area contributed by atoms with E-state index in [0.29, 0.717) is 59.9 Å². The number of rotatable bonds is 11. The molecule has 39 heavy (non-hydrogen) atoms. The van der Waals surface area contributed by atoms with Crippen LogP contribution in [0.25, 0.3) is 16.6 Å². The number of ether oxygens (including phenoxy) is 3. The normalized spacial score (nSPS) is 11.7. The van der Waals surface area contributed by atoms with Crippen molar-refractivity contribution in [2.45, 2.75) is 39.7 Å². The van der Waals surface area contributed by atoms with Crippen LogP contribution in [0.5, 0.6) is 17.2 Å². The zero-order chi connectivity index (χ0) is 27.9. The van der Waals surface area contributed by atoms with Crippen molar-refractivity contribution in [3.8, 4) is 22.9 Å². The fourth-order valence-corrected chi connectivity index (χ4v) is 4.70. The fraction of sp³-hybridized carbons (Fsp3) is 0.323. The number of carbonyl (C=O) groups is 1. The number of hydrogen-bond donors (Lipinski definition) is 0.